The van der Waals surface area contributed by atoms with Crippen molar-refractivity contribution < 1.29 is 14.6 Å². The molecule has 1 heterocycles. The maximum Gasteiger partial charge on any atom is 0.327 e. The first-order valence-corrected chi connectivity index (χ1v) is 6.21. The van der Waals surface area contributed by atoms with Crippen LogP contribution in [0.2, 0.25) is 0 Å². The number of morpholine rings is 1. The Morgan fingerprint density at radius 3 is 2.78 bits per heavy atom. The third-order valence-corrected chi connectivity index (χ3v) is 3.38. The van der Waals surface area contributed by atoms with E-state index in [4.69, 9.17) is 4.74 Å². The molecule has 0 aromatic heterocycles. The largest absolute Gasteiger partial charge is 0.508 e. The number of phenols is 1. The van der Waals surface area contributed by atoms with Crippen molar-refractivity contribution in [1.29, 1.82) is 0 Å². The van der Waals surface area contributed by atoms with Gasteiger partial charge in [-0.25, -0.2) is 4.79 Å². The monoisotopic (exact) mass is 249 g/mol. The summed E-state index contributed by atoms with van der Waals surface area (Å²) in [7, 11) is 0. The molecular weight excluding hydrogens is 230 g/mol. The molecule has 18 heavy (non-hydrogen) atoms. The molecule has 0 aliphatic carbocycles. The van der Waals surface area contributed by atoms with Crippen molar-refractivity contribution in [1.82, 2.24) is 5.32 Å². The van der Waals surface area contributed by atoms with E-state index in [1.165, 1.54) is 0 Å². The second kappa shape index (κ2) is 4.98. The normalized spacial score (nSPS) is 24.1. The van der Waals surface area contributed by atoms with Crippen molar-refractivity contribution in [2.24, 2.45) is 5.92 Å². The van der Waals surface area contributed by atoms with E-state index in [0.717, 1.165) is 11.1 Å². The third kappa shape index (κ3) is 2.48. The number of hydrogen-bond donors (Lipinski definition) is 2. The zero-order chi connectivity index (χ0) is 13.3. The Morgan fingerprint density at radius 1 is 1.44 bits per heavy atom. The molecule has 1 aliphatic rings. The second-order valence-electron chi connectivity index (χ2n) is 5.13. The summed E-state index contributed by atoms with van der Waals surface area (Å²) in [5, 5.41) is 12.8. The molecule has 0 unspecified atom stereocenters. The Kier molecular flexibility index (Phi) is 3.57. The summed E-state index contributed by atoms with van der Waals surface area (Å²) in [6.07, 6.45) is 0. The molecule has 1 aromatic carbocycles. The van der Waals surface area contributed by atoms with Crippen LogP contribution in [-0.2, 0) is 9.53 Å². The molecule has 2 rings (SSSR count). The Bertz CT molecular complexity index is 456. The molecule has 1 aliphatic heterocycles. The Morgan fingerprint density at radius 2 is 2.17 bits per heavy atom. The highest BCUT2D eigenvalue weighted by Crippen LogP contribution is 2.25. The molecule has 4 nitrogen and oxygen atoms in total. The molecule has 1 aromatic rings. The minimum absolute atomic E-state index is 0.168. The zero-order valence-corrected chi connectivity index (χ0v) is 10.9. The summed E-state index contributed by atoms with van der Waals surface area (Å²) in [4.78, 5) is 11.8. The Labute approximate surface area is 107 Å². The molecule has 0 bridgehead atoms. The lowest BCUT2D eigenvalue weighted by molar-refractivity contribution is -0.152. The SMILES string of the molecule is Cc1cc([C@@H]2N[C@@H](C(C)C)COC2=O)ccc1O. The van der Waals surface area contributed by atoms with Gasteiger partial charge < -0.3 is 9.84 Å². The quantitative estimate of drug-likeness (QED) is 0.786. The Hall–Kier alpha value is -1.55. The van der Waals surface area contributed by atoms with Gasteiger partial charge in [-0.1, -0.05) is 26.0 Å². The summed E-state index contributed by atoms with van der Waals surface area (Å²) in [5.74, 6) is 0.388. The van der Waals surface area contributed by atoms with Crippen molar-refractivity contribution in [2.75, 3.05) is 6.61 Å². The van der Waals surface area contributed by atoms with Crippen LogP contribution in [0, 0.1) is 12.8 Å². The van der Waals surface area contributed by atoms with Gasteiger partial charge in [0, 0.05) is 6.04 Å². The fourth-order valence-electron chi connectivity index (χ4n) is 2.06. The van der Waals surface area contributed by atoms with Crippen LogP contribution in [0.25, 0.3) is 0 Å². The fourth-order valence-corrected chi connectivity index (χ4v) is 2.06. The van der Waals surface area contributed by atoms with E-state index in [1.807, 2.05) is 13.0 Å². The van der Waals surface area contributed by atoms with Gasteiger partial charge in [-0.15, -0.1) is 0 Å². The Balaban J connectivity index is 2.24. The van der Waals surface area contributed by atoms with E-state index in [0.29, 0.717) is 12.5 Å². The van der Waals surface area contributed by atoms with Gasteiger partial charge >= 0.3 is 5.97 Å². The number of aryl methyl sites for hydroxylation is 1. The summed E-state index contributed by atoms with van der Waals surface area (Å²) < 4.78 is 5.22. The summed E-state index contributed by atoms with van der Waals surface area (Å²) >= 11 is 0. The van der Waals surface area contributed by atoms with Crippen molar-refractivity contribution in [3.05, 3.63) is 29.3 Å². The van der Waals surface area contributed by atoms with Crippen LogP contribution in [0.3, 0.4) is 0 Å². The molecule has 2 atom stereocenters. The highest BCUT2D eigenvalue weighted by molar-refractivity contribution is 5.78. The molecule has 98 valence electrons. The second-order valence-corrected chi connectivity index (χ2v) is 5.13. The fraction of sp³-hybridized carbons (Fsp3) is 0.500. The average Bonchev–Trinajstić information content (AvgIpc) is 2.33. The van der Waals surface area contributed by atoms with E-state index in [1.54, 1.807) is 12.1 Å². The predicted octanol–water partition coefficient (Wildman–Crippen LogP) is 1.91. The maximum atomic E-state index is 11.8. The van der Waals surface area contributed by atoms with Crippen LogP contribution in [-0.4, -0.2) is 23.7 Å². The first kappa shape index (κ1) is 12.9. The van der Waals surface area contributed by atoms with Gasteiger partial charge in [0.15, 0.2) is 0 Å². The summed E-state index contributed by atoms with van der Waals surface area (Å²) in [6, 6.07) is 4.91. The molecule has 1 fully saturated rings. The first-order valence-electron chi connectivity index (χ1n) is 6.21. The number of carbonyl (C=O) groups is 1. The van der Waals surface area contributed by atoms with Gasteiger partial charge in [-0.05, 0) is 30.0 Å². The predicted molar refractivity (Wildman–Crippen MR) is 68.3 cm³/mol. The minimum Gasteiger partial charge on any atom is -0.508 e. The number of ether oxygens (including phenoxy) is 1. The number of phenolic OH excluding ortho intramolecular Hbond substituents is 1. The molecule has 0 amide bonds. The van der Waals surface area contributed by atoms with E-state index in [9.17, 15) is 9.90 Å². The number of hydrogen-bond acceptors (Lipinski definition) is 4. The van der Waals surface area contributed by atoms with Crippen LogP contribution < -0.4 is 5.32 Å². The van der Waals surface area contributed by atoms with Crippen LogP contribution in [0.1, 0.15) is 31.0 Å². The standard InChI is InChI=1S/C14H19NO3/c1-8(2)11-7-18-14(17)13(15-11)10-4-5-12(16)9(3)6-10/h4-6,8,11,13,15-16H,7H2,1-3H3/t11-,13+/m1/s1. The van der Waals surface area contributed by atoms with Crippen LogP contribution in [0.5, 0.6) is 5.75 Å². The van der Waals surface area contributed by atoms with E-state index >= 15 is 0 Å². The van der Waals surface area contributed by atoms with Gasteiger partial charge in [0.05, 0.1) is 0 Å². The smallest absolute Gasteiger partial charge is 0.327 e. The first-order chi connectivity index (χ1) is 8.49. The molecule has 0 saturated carbocycles. The van der Waals surface area contributed by atoms with Gasteiger partial charge in [0.1, 0.15) is 18.4 Å². The van der Waals surface area contributed by atoms with Crippen LogP contribution >= 0.6 is 0 Å². The van der Waals surface area contributed by atoms with E-state index < -0.39 is 6.04 Å². The third-order valence-electron chi connectivity index (χ3n) is 3.38. The van der Waals surface area contributed by atoms with Crippen molar-refractivity contribution in [3.63, 3.8) is 0 Å². The topological polar surface area (TPSA) is 58.6 Å². The minimum atomic E-state index is -0.439. The lowest BCUT2D eigenvalue weighted by Crippen LogP contribution is -2.49. The van der Waals surface area contributed by atoms with Gasteiger partial charge in [0.2, 0.25) is 0 Å². The molecule has 0 radical (unpaired) electrons. The molecule has 0 spiro atoms. The van der Waals surface area contributed by atoms with Crippen molar-refractivity contribution in [2.45, 2.75) is 32.9 Å². The van der Waals surface area contributed by atoms with Gasteiger partial charge in [0.25, 0.3) is 0 Å². The number of esters is 1. The lowest BCUT2D eigenvalue weighted by Gasteiger charge is -2.32. The average molecular weight is 249 g/mol. The number of cyclic esters (lactones) is 1. The van der Waals surface area contributed by atoms with Crippen molar-refractivity contribution >= 4 is 5.97 Å². The highest BCUT2D eigenvalue weighted by atomic mass is 16.5. The number of rotatable bonds is 2. The number of benzene rings is 1. The van der Waals surface area contributed by atoms with Crippen LogP contribution in [0.15, 0.2) is 18.2 Å². The molecule has 1 saturated heterocycles. The van der Waals surface area contributed by atoms with Crippen LogP contribution in [0.4, 0.5) is 0 Å². The van der Waals surface area contributed by atoms with Gasteiger partial charge in [-0.3, -0.25) is 5.32 Å². The molecule has 4 heteroatoms. The van der Waals surface area contributed by atoms with E-state index in [-0.39, 0.29) is 17.8 Å². The van der Waals surface area contributed by atoms with Gasteiger partial charge in [-0.2, -0.15) is 0 Å². The summed E-state index contributed by atoms with van der Waals surface area (Å²) in [6.45, 7) is 6.42. The number of carbonyl (C=O) groups excluding carboxylic acids is 1. The summed E-state index contributed by atoms with van der Waals surface area (Å²) in [5.41, 5.74) is 1.59. The highest BCUT2D eigenvalue weighted by Gasteiger charge is 2.32. The lowest BCUT2D eigenvalue weighted by atomic mass is 9.98. The van der Waals surface area contributed by atoms with E-state index in [2.05, 4.69) is 19.2 Å². The number of aromatic hydroxyl groups is 1. The van der Waals surface area contributed by atoms with Crippen molar-refractivity contribution in [3.8, 4) is 5.75 Å². The number of nitrogens with one attached hydrogen (secondary N) is 1. The zero-order valence-electron chi connectivity index (χ0n) is 10.9. The molecule has 2 N–H and O–H groups in total. The molecular formula is C14H19NO3. The maximum absolute atomic E-state index is 11.8.